The van der Waals surface area contributed by atoms with E-state index in [-0.39, 0.29) is 5.28 Å². The van der Waals surface area contributed by atoms with Crippen LogP contribution >= 0.6 is 11.6 Å². The molecule has 1 N–H and O–H groups in total. The summed E-state index contributed by atoms with van der Waals surface area (Å²) in [6.45, 7) is 3.47. The highest BCUT2D eigenvalue weighted by Gasteiger charge is 2.34. The number of methoxy groups -OCH3 is 1. The second kappa shape index (κ2) is 6.37. The van der Waals surface area contributed by atoms with E-state index < -0.39 is 5.60 Å². The van der Waals surface area contributed by atoms with Crippen LogP contribution in [0, 0.1) is 0 Å². The van der Waals surface area contributed by atoms with E-state index in [0.717, 1.165) is 11.3 Å². The standard InChI is InChI=1S/C17H19ClN6O2/c1-17(25)7-8-23(10-17)14-13-15(20-16(18)19-14)24(22-21-13)9-11-3-5-12(26-2)6-4-11/h3-6,25H,7-10H2,1-2H3/t17-/m0/s1. The molecule has 3 heterocycles. The summed E-state index contributed by atoms with van der Waals surface area (Å²) in [5.41, 5.74) is 1.45. The van der Waals surface area contributed by atoms with Crippen molar-refractivity contribution in [2.75, 3.05) is 25.1 Å². The summed E-state index contributed by atoms with van der Waals surface area (Å²) in [5, 5.41) is 18.9. The van der Waals surface area contributed by atoms with Gasteiger partial charge >= 0.3 is 0 Å². The maximum atomic E-state index is 10.2. The Morgan fingerprint density at radius 2 is 2.04 bits per heavy atom. The Balaban J connectivity index is 1.69. The maximum Gasteiger partial charge on any atom is 0.226 e. The summed E-state index contributed by atoms with van der Waals surface area (Å²) in [4.78, 5) is 10.6. The number of benzene rings is 1. The van der Waals surface area contributed by atoms with Crippen LogP contribution in [0.1, 0.15) is 18.9 Å². The molecule has 1 aliphatic rings. The molecule has 4 rings (SSSR count). The summed E-state index contributed by atoms with van der Waals surface area (Å²) < 4.78 is 6.88. The van der Waals surface area contributed by atoms with Crippen molar-refractivity contribution in [1.82, 2.24) is 25.0 Å². The summed E-state index contributed by atoms with van der Waals surface area (Å²) in [6.07, 6.45) is 0.663. The Morgan fingerprint density at radius 1 is 1.27 bits per heavy atom. The minimum absolute atomic E-state index is 0.136. The molecule has 0 spiro atoms. The Bertz CT molecular complexity index is 940. The van der Waals surface area contributed by atoms with Gasteiger partial charge in [0.15, 0.2) is 17.0 Å². The van der Waals surface area contributed by atoms with Gasteiger partial charge in [0, 0.05) is 13.1 Å². The first-order valence-electron chi connectivity index (χ1n) is 8.32. The molecule has 26 heavy (non-hydrogen) atoms. The molecule has 0 unspecified atom stereocenters. The molecule has 0 bridgehead atoms. The molecular weight excluding hydrogens is 356 g/mol. The van der Waals surface area contributed by atoms with E-state index in [2.05, 4.69) is 20.3 Å². The molecule has 0 aliphatic carbocycles. The van der Waals surface area contributed by atoms with Gasteiger partial charge in [0.2, 0.25) is 5.28 Å². The van der Waals surface area contributed by atoms with E-state index >= 15 is 0 Å². The number of fused-ring (bicyclic) bond motifs is 1. The predicted octanol–water partition coefficient (Wildman–Crippen LogP) is 1.89. The predicted molar refractivity (Wildman–Crippen MR) is 97.7 cm³/mol. The molecule has 9 heteroatoms. The molecule has 0 saturated carbocycles. The van der Waals surface area contributed by atoms with Crippen molar-refractivity contribution in [1.29, 1.82) is 0 Å². The lowest BCUT2D eigenvalue weighted by Gasteiger charge is -2.19. The maximum absolute atomic E-state index is 10.2. The highest BCUT2D eigenvalue weighted by Crippen LogP contribution is 2.30. The molecule has 1 aromatic carbocycles. The monoisotopic (exact) mass is 374 g/mol. The Morgan fingerprint density at radius 3 is 2.69 bits per heavy atom. The second-order valence-electron chi connectivity index (χ2n) is 6.75. The molecule has 1 aliphatic heterocycles. The number of rotatable bonds is 4. The minimum Gasteiger partial charge on any atom is -0.497 e. The van der Waals surface area contributed by atoms with Gasteiger partial charge in [-0.15, -0.1) is 5.10 Å². The summed E-state index contributed by atoms with van der Waals surface area (Å²) in [7, 11) is 1.64. The van der Waals surface area contributed by atoms with E-state index in [4.69, 9.17) is 16.3 Å². The quantitative estimate of drug-likeness (QED) is 0.697. The zero-order chi connectivity index (χ0) is 18.3. The molecule has 1 atom stereocenters. The number of anilines is 1. The summed E-state index contributed by atoms with van der Waals surface area (Å²) in [6, 6.07) is 7.73. The van der Waals surface area contributed by atoms with E-state index in [1.165, 1.54) is 0 Å². The topological polar surface area (TPSA) is 89.2 Å². The van der Waals surface area contributed by atoms with Gasteiger partial charge in [0.05, 0.1) is 19.3 Å². The lowest BCUT2D eigenvalue weighted by atomic mass is 10.1. The first-order chi connectivity index (χ1) is 12.4. The van der Waals surface area contributed by atoms with Gasteiger partial charge < -0.3 is 14.7 Å². The molecule has 8 nitrogen and oxygen atoms in total. The van der Waals surface area contributed by atoms with Crippen LogP contribution in [0.5, 0.6) is 5.75 Å². The highest BCUT2D eigenvalue weighted by atomic mass is 35.5. The molecule has 1 saturated heterocycles. The summed E-state index contributed by atoms with van der Waals surface area (Å²) in [5.74, 6) is 1.41. The third-order valence-corrected chi connectivity index (χ3v) is 4.73. The molecule has 1 fully saturated rings. The van der Waals surface area contributed by atoms with Gasteiger partial charge in [0.25, 0.3) is 0 Å². The van der Waals surface area contributed by atoms with Gasteiger partial charge in [-0.1, -0.05) is 17.3 Å². The molecular formula is C17H19ClN6O2. The average molecular weight is 375 g/mol. The molecule has 2 aromatic heterocycles. The van der Waals surface area contributed by atoms with Crippen molar-refractivity contribution in [3.05, 3.63) is 35.1 Å². The third-order valence-electron chi connectivity index (χ3n) is 4.56. The van der Waals surface area contributed by atoms with Crippen LogP contribution in [0.25, 0.3) is 11.2 Å². The largest absolute Gasteiger partial charge is 0.497 e. The fraction of sp³-hybridized carbons (Fsp3) is 0.412. The number of ether oxygens (including phenoxy) is 1. The molecule has 136 valence electrons. The van der Waals surface area contributed by atoms with Crippen LogP contribution in [-0.2, 0) is 6.54 Å². The zero-order valence-electron chi connectivity index (χ0n) is 14.6. The number of aliphatic hydroxyl groups is 1. The SMILES string of the molecule is COc1ccc(Cn2nnc3c(N4CC[C@](C)(O)C4)nc(Cl)nc32)cc1. The number of halogens is 1. The third kappa shape index (κ3) is 3.17. The van der Waals surface area contributed by atoms with Crippen LogP contribution in [0.15, 0.2) is 24.3 Å². The molecule has 0 radical (unpaired) electrons. The van der Waals surface area contributed by atoms with E-state index in [1.807, 2.05) is 36.1 Å². The Hall–Kier alpha value is -2.45. The lowest BCUT2D eigenvalue weighted by Crippen LogP contribution is -2.30. The van der Waals surface area contributed by atoms with Crippen molar-refractivity contribution >= 4 is 28.6 Å². The zero-order valence-corrected chi connectivity index (χ0v) is 15.3. The minimum atomic E-state index is -0.747. The first-order valence-corrected chi connectivity index (χ1v) is 8.70. The van der Waals surface area contributed by atoms with Crippen molar-refractivity contribution in [2.24, 2.45) is 0 Å². The number of hydrogen-bond donors (Lipinski definition) is 1. The van der Waals surface area contributed by atoms with E-state index in [1.54, 1.807) is 11.8 Å². The van der Waals surface area contributed by atoms with E-state index in [9.17, 15) is 5.11 Å². The number of hydrogen-bond acceptors (Lipinski definition) is 7. The molecule has 3 aromatic rings. The first kappa shape index (κ1) is 17.0. The average Bonchev–Trinajstić information content (AvgIpc) is 3.18. The summed E-state index contributed by atoms with van der Waals surface area (Å²) >= 11 is 6.15. The van der Waals surface area contributed by atoms with Gasteiger partial charge in [0.1, 0.15) is 5.75 Å². The second-order valence-corrected chi connectivity index (χ2v) is 7.09. The van der Waals surface area contributed by atoms with Crippen molar-refractivity contribution in [3.63, 3.8) is 0 Å². The van der Waals surface area contributed by atoms with Crippen LogP contribution in [0.2, 0.25) is 5.28 Å². The van der Waals surface area contributed by atoms with Crippen LogP contribution in [0.4, 0.5) is 5.82 Å². The van der Waals surface area contributed by atoms with Crippen molar-refractivity contribution in [2.45, 2.75) is 25.5 Å². The van der Waals surface area contributed by atoms with E-state index in [0.29, 0.717) is 43.0 Å². The Kier molecular flexibility index (Phi) is 4.16. The molecule has 0 amide bonds. The number of aromatic nitrogens is 5. The van der Waals surface area contributed by atoms with Gasteiger partial charge in [-0.2, -0.15) is 9.97 Å². The number of β-amino-alcohol motifs (C(OH)–C–C–N with tert-alkyl or cyclic N) is 1. The Labute approximate surface area is 155 Å². The van der Waals surface area contributed by atoms with Crippen molar-refractivity contribution < 1.29 is 9.84 Å². The fourth-order valence-electron chi connectivity index (χ4n) is 3.17. The lowest BCUT2D eigenvalue weighted by molar-refractivity contribution is 0.0839. The van der Waals surface area contributed by atoms with Crippen LogP contribution in [0.3, 0.4) is 0 Å². The fourth-order valence-corrected chi connectivity index (χ4v) is 3.33. The smallest absolute Gasteiger partial charge is 0.226 e. The number of nitrogens with zero attached hydrogens (tertiary/aromatic N) is 6. The highest BCUT2D eigenvalue weighted by molar-refractivity contribution is 6.28. The van der Waals surface area contributed by atoms with Crippen LogP contribution in [-0.4, -0.2) is 55.9 Å². The normalized spacial score (nSPS) is 20.1. The van der Waals surface area contributed by atoms with Crippen molar-refractivity contribution in [3.8, 4) is 5.75 Å². The van der Waals surface area contributed by atoms with Crippen LogP contribution < -0.4 is 9.64 Å². The van der Waals surface area contributed by atoms with Gasteiger partial charge in [-0.3, -0.25) is 0 Å². The van der Waals surface area contributed by atoms with Gasteiger partial charge in [-0.25, -0.2) is 4.68 Å². The van der Waals surface area contributed by atoms with Gasteiger partial charge in [-0.05, 0) is 42.6 Å².